The van der Waals surface area contributed by atoms with Crippen molar-refractivity contribution in [1.82, 2.24) is 19.7 Å². The Hall–Kier alpha value is -2.12. The van der Waals surface area contributed by atoms with Gasteiger partial charge in [0, 0.05) is 25.2 Å². The van der Waals surface area contributed by atoms with E-state index in [9.17, 15) is 4.79 Å². The number of amides is 1. The van der Waals surface area contributed by atoms with Gasteiger partial charge in [-0.3, -0.25) is 4.79 Å². The Morgan fingerprint density at radius 2 is 2.11 bits per heavy atom. The fraction of sp³-hybridized carbons (Fsp3) is 0.476. The van der Waals surface area contributed by atoms with Crippen LogP contribution in [0.5, 0.6) is 0 Å². The van der Waals surface area contributed by atoms with Gasteiger partial charge in [-0.25, -0.2) is 0 Å². The quantitative estimate of drug-likeness (QED) is 0.516. The zero-order valence-electron chi connectivity index (χ0n) is 16.6. The van der Waals surface area contributed by atoms with Crippen LogP contribution in [-0.2, 0) is 17.8 Å². The summed E-state index contributed by atoms with van der Waals surface area (Å²) < 4.78 is 2.07. The average Bonchev–Trinajstić information content (AvgIpc) is 3.08. The van der Waals surface area contributed by atoms with Crippen molar-refractivity contribution in [2.45, 2.75) is 44.3 Å². The van der Waals surface area contributed by atoms with Crippen molar-refractivity contribution in [3.63, 3.8) is 0 Å². The first-order chi connectivity index (χ1) is 13.7. The molecule has 2 aromatic rings. The van der Waals surface area contributed by atoms with Crippen molar-refractivity contribution in [3.8, 4) is 0 Å². The third kappa shape index (κ3) is 5.94. The number of aromatic nitrogens is 3. The van der Waals surface area contributed by atoms with Crippen LogP contribution in [0.25, 0.3) is 0 Å². The average molecular weight is 400 g/mol. The molecule has 7 heteroatoms. The second kappa shape index (κ2) is 10.4. The molecule has 1 aliphatic heterocycles. The lowest BCUT2D eigenvalue weighted by Gasteiger charge is -2.26. The predicted octanol–water partition coefficient (Wildman–Crippen LogP) is 3.53. The monoisotopic (exact) mass is 399 g/mol. The number of rotatable bonds is 9. The van der Waals surface area contributed by atoms with Crippen LogP contribution in [0.15, 0.2) is 42.1 Å². The molecular formula is C21H29N5OS. The van der Waals surface area contributed by atoms with Gasteiger partial charge in [0.25, 0.3) is 0 Å². The molecule has 0 saturated carbocycles. The highest BCUT2D eigenvalue weighted by molar-refractivity contribution is 7.99. The molecule has 1 aromatic heterocycles. The van der Waals surface area contributed by atoms with Crippen LogP contribution >= 0.6 is 11.8 Å². The van der Waals surface area contributed by atoms with Gasteiger partial charge in [0.2, 0.25) is 5.91 Å². The smallest absolute Gasteiger partial charge is 0.234 e. The van der Waals surface area contributed by atoms with Gasteiger partial charge in [-0.2, -0.15) is 0 Å². The van der Waals surface area contributed by atoms with E-state index in [-0.39, 0.29) is 5.91 Å². The Morgan fingerprint density at radius 1 is 1.29 bits per heavy atom. The Kier molecular flexibility index (Phi) is 7.68. The molecule has 6 nitrogen and oxygen atoms in total. The number of benzene rings is 1. The van der Waals surface area contributed by atoms with Gasteiger partial charge in [0.1, 0.15) is 5.82 Å². The number of allylic oxidation sites excluding steroid dienone is 1. The first kappa shape index (κ1) is 20.6. The van der Waals surface area contributed by atoms with Crippen LogP contribution in [0.1, 0.15) is 30.7 Å². The first-order valence-corrected chi connectivity index (χ1v) is 10.9. The number of carbonyl (C=O) groups is 1. The van der Waals surface area contributed by atoms with Gasteiger partial charge in [0.05, 0.1) is 5.75 Å². The van der Waals surface area contributed by atoms with Crippen molar-refractivity contribution in [1.29, 1.82) is 0 Å². The van der Waals surface area contributed by atoms with Crippen LogP contribution in [0.3, 0.4) is 0 Å². The molecule has 2 heterocycles. The molecule has 150 valence electrons. The highest BCUT2D eigenvalue weighted by atomic mass is 32.2. The van der Waals surface area contributed by atoms with Crippen LogP contribution in [0, 0.1) is 6.92 Å². The zero-order chi connectivity index (χ0) is 19.8. The lowest BCUT2D eigenvalue weighted by atomic mass is 10.1. The lowest BCUT2D eigenvalue weighted by molar-refractivity contribution is -0.113. The summed E-state index contributed by atoms with van der Waals surface area (Å²) in [6.07, 6.45) is 6.64. The number of anilines is 1. The van der Waals surface area contributed by atoms with Gasteiger partial charge in [-0.1, -0.05) is 36.4 Å². The van der Waals surface area contributed by atoms with Gasteiger partial charge in [-0.05, 0) is 50.6 Å². The van der Waals surface area contributed by atoms with E-state index in [4.69, 9.17) is 0 Å². The van der Waals surface area contributed by atoms with E-state index >= 15 is 0 Å². The number of likely N-dealkylation sites (tertiary alicyclic amines) is 1. The van der Waals surface area contributed by atoms with Crippen molar-refractivity contribution in [2.24, 2.45) is 0 Å². The Balaban J connectivity index is 1.55. The van der Waals surface area contributed by atoms with E-state index in [2.05, 4.69) is 31.6 Å². The standard InChI is InChI=1S/C21H29N5OS/c1-3-11-26-19(10-14-25-12-5-4-6-13-25)23-24-21(26)28-16-20(27)22-18-9-7-8-17(2)15-18/h3,7-9,15H,1,4-6,10-14,16H2,2H3,(H,22,27). The fourth-order valence-electron chi connectivity index (χ4n) is 3.41. The minimum atomic E-state index is -0.0429. The number of hydrogen-bond donors (Lipinski definition) is 1. The lowest BCUT2D eigenvalue weighted by Crippen LogP contribution is -2.32. The normalized spacial score (nSPS) is 14.8. The maximum atomic E-state index is 12.3. The second-order valence-electron chi connectivity index (χ2n) is 7.16. The summed E-state index contributed by atoms with van der Waals surface area (Å²) in [5, 5.41) is 12.4. The molecule has 3 rings (SSSR count). The van der Waals surface area contributed by atoms with Gasteiger partial charge >= 0.3 is 0 Å². The molecule has 1 saturated heterocycles. The number of carbonyl (C=O) groups excluding carboxylic acids is 1. The fourth-order valence-corrected chi connectivity index (χ4v) is 4.18. The maximum absolute atomic E-state index is 12.3. The largest absolute Gasteiger partial charge is 0.325 e. The molecule has 1 fully saturated rings. The summed E-state index contributed by atoms with van der Waals surface area (Å²) in [5.41, 5.74) is 1.94. The third-order valence-corrected chi connectivity index (χ3v) is 5.81. The highest BCUT2D eigenvalue weighted by Gasteiger charge is 2.16. The molecule has 0 spiro atoms. The topological polar surface area (TPSA) is 63.1 Å². The van der Waals surface area contributed by atoms with Gasteiger partial charge in [0.15, 0.2) is 5.16 Å². The predicted molar refractivity (Wildman–Crippen MR) is 115 cm³/mol. The number of nitrogens with zero attached hydrogens (tertiary/aromatic N) is 4. The number of hydrogen-bond acceptors (Lipinski definition) is 5. The van der Waals surface area contributed by atoms with Crippen LogP contribution < -0.4 is 5.32 Å². The molecule has 0 radical (unpaired) electrons. The SMILES string of the molecule is C=CCn1c(CCN2CCCCC2)nnc1SCC(=O)Nc1cccc(C)c1. The Morgan fingerprint density at radius 3 is 2.86 bits per heavy atom. The van der Waals surface area contributed by atoms with Gasteiger partial charge in [-0.15, -0.1) is 16.8 Å². The molecule has 1 amide bonds. The van der Waals surface area contributed by atoms with E-state index in [1.807, 2.05) is 37.3 Å². The van der Waals surface area contributed by atoms with E-state index in [1.54, 1.807) is 0 Å². The van der Waals surface area contributed by atoms with E-state index in [0.717, 1.165) is 35.2 Å². The van der Waals surface area contributed by atoms with E-state index in [1.165, 1.54) is 44.1 Å². The molecule has 0 bridgehead atoms. The molecule has 1 N–H and O–H groups in total. The van der Waals surface area contributed by atoms with Crippen LogP contribution in [0.4, 0.5) is 5.69 Å². The zero-order valence-corrected chi connectivity index (χ0v) is 17.4. The van der Waals surface area contributed by atoms with Crippen molar-refractivity contribution >= 4 is 23.4 Å². The van der Waals surface area contributed by atoms with E-state index in [0.29, 0.717) is 12.3 Å². The molecular weight excluding hydrogens is 370 g/mol. The third-order valence-electron chi connectivity index (χ3n) is 4.84. The molecule has 1 aliphatic rings. The summed E-state index contributed by atoms with van der Waals surface area (Å²) >= 11 is 1.42. The summed E-state index contributed by atoms with van der Waals surface area (Å²) in [6, 6.07) is 7.80. The number of aryl methyl sites for hydroxylation is 1. The van der Waals surface area contributed by atoms with Crippen molar-refractivity contribution in [2.75, 3.05) is 30.7 Å². The summed E-state index contributed by atoms with van der Waals surface area (Å²) in [5.74, 6) is 1.22. The van der Waals surface area contributed by atoms with Crippen LogP contribution in [0.2, 0.25) is 0 Å². The number of thioether (sulfide) groups is 1. The Labute approximate surface area is 171 Å². The van der Waals surface area contributed by atoms with E-state index < -0.39 is 0 Å². The Bertz CT molecular complexity index is 798. The number of piperidine rings is 1. The molecule has 28 heavy (non-hydrogen) atoms. The number of nitrogens with one attached hydrogen (secondary N) is 1. The highest BCUT2D eigenvalue weighted by Crippen LogP contribution is 2.19. The minimum absolute atomic E-state index is 0.0429. The van der Waals surface area contributed by atoms with Gasteiger partial charge < -0.3 is 14.8 Å². The summed E-state index contributed by atoms with van der Waals surface area (Å²) in [7, 11) is 0. The molecule has 0 atom stereocenters. The summed E-state index contributed by atoms with van der Waals surface area (Å²) in [4.78, 5) is 14.8. The van der Waals surface area contributed by atoms with Crippen LogP contribution in [-0.4, -0.2) is 51.0 Å². The van der Waals surface area contributed by atoms with Crippen molar-refractivity contribution < 1.29 is 4.79 Å². The second-order valence-corrected chi connectivity index (χ2v) is 8.10. The maximum Gasteiger partial charge on any atom is 0.234 e. The summed E-state index contributed by atoms with van der Waals surface area (Å²) in [6.45, 7) is 9.88. The molecule has 0 unspecified atom stereocenters. The molecule has 1 aromatic carbocycles. The molecule has 0 aliphatic carbocycles. The van der Waals surface area contributed by atoms with Crippen molar-refractivity contribution in [3.05, 3.63) is 48.3 Å². The first-order valence-electron chi connectivity index (χ1n) is 9.90. The minimum Gasteiger partial charge on any atom is -0.325 e.